The molecule has 0 aliphatic carbocycles. The lowest BCUT2D eigenvalue weighted by Crippen LogP contribution is -2.18. The van der Waals surface area contributed by atoms with E-state index in [0.29, 0.717) is 6.07 Å². The fraction of sp³-hybridized carbons (Fsp3) is 0.333. The number of aromatic nitrogens is 1. The maximum Gasteiger partial charge on any atom is 0.574 e. The second-order valence-corrected chi connectivity index (χ2v) is 3.84. The summed E-state index contributed by atoms with van der Waals surface area (Å²) in [5.74, 6) is -0.899. The van der Waals surface area contributed by atoms with Gasteiger partial charge in [0.05, 0.1) is 23.7 Å². The lowest BCUT2D eigenvalue weighted by atomic mass is 10.1. The van der Waals surface area contributed by atoms with Crippen molar-refractivity contribution in [2.75, 3.05) is 0 Å². The van der Waals surface area contributed by atoms with Crippen LogP contribution in [0.3, 0.4) is 0 Å². The van der Waals surface area contributed by atoms with Crippen molar-refractivity contribution in [1.29, 1.82) is 5.26 Å². The summed E-state index contributed by atoms with van der Waals surface area (Å²) >= 11 is 2.70. The van der Waals surface area contributed by atoms with Gasteiger partial charge in [0.2, 0.25) is 5.88 Å². The van der Waals surface area contributed by atoms with Gasteiger partial charge >= 0.3 is 6.36 Å². The zero-order valence-corrected chi connectivity index (χ0v) is 10.0. The Morgan fingerprint density at radius 3 is 2.50 bits per heavy atom. The molecule has 0 aliphatic heterocycles. The van der Waals surface area contributed by atoms with E-state index in [4.69, 9.17) is 5.26 Å². The molecule has 0 fully saturated rings. The number of rotatable bonds is 3. The van der Waals surface area contributed by atoms with Crippen LogP contribution in [-0.4, -0.2) is 11.3 Å². The molecule has 98 valence electrons. The minimum atomic E-state index is -4.98. The number of halogens is 6. The molecule has 3 nitrogen and oxygen atoms in total. The Hall–Kier alpha value is -1.43. The van der Waals surface area contributed by atoms with Crippen molar-refractivity contribution in [2.24, 2.45) is 0 Å². The molecule has 0 aromatic carbocycles. The van der Waals surface area contributed by atoms with E-state index in [1.807, 2.05) is 0 Å². The van der Waals surface area contributed by atoms with Crippen LogP contribution in [0.15, 0.2) is 10.5 Å². The van der Waals surface area contributed by atoms with E-state index in [9.17, 15) is 22.0 Å². The van der Waals surface area contributed by atoms with Gasteiger partial charge in [-0.05, 0) is 0 Å². The van der Waals surface area contributed by atoms with Crippen molar-refractivity contribution >= 4 is 15.9 Å². The van der Waals surface area contributed by atoms with Crippen LogP contribution in [0, 0.1) is 11.3 Å². The van der Waals surface area contributed by atoms with Crippen LogP contribution in [0.1, 0.15) is 17.7 Å². The highest BCUT2D eigenvalue weighted by Crippen LogP contribution is 2.33. The van der Waals surface area contributed by atoms with E-state index >= 15 is 0 Å². The molecular formula is C9H4BrF5N2O. The van der Waals surface area contributed by atoms with E-state index in [0.717, 1.165) is 0 Å². The van der Waals surface area contributed by atoms with Crippen molar-refractivity contribution in [1.82, 2.24) is 4.98 Å². The lowest BCUT2D eigenvalue weighted by Gasteiger charge is -2.12. The summed E-state index contributed by atoms with van der Waals surface area (Å²) in [5.41, 5.74) is -1.08. The molecule has 0 bridgehead atoms. The zero-order valence-electron chi connectivity index (χ0n) is 8.43. The van der Waals surface area contributed by atoms with Crippen molar-refractivity contribution < 1.29 is 26.7 Å². The van der Waals surface area contributed by atoms with Gasteiger partial charge in [-0.1, -0.05) is 15.9 Å². The Morgan fingerprint density at radius 1 is 1.44 bits per heavy atom. The van der Waals surface area contributed by atoms with Gasteiger partial charge in [-0.25, -0.2) is 13.8 Å². The quantitative estimate of drug-likeness (QED) is 0.793. The van der Waals surface area contributed by atoms with Crippen molar-refractivity contribution in [3.05, 3.63) is 21.8 Å². The number of alkyl halides is 5. The highest BCUT2D eigenvalue weighted by atomic mass is 79.9. The van der Waals surface area contributed by atoms with Crippen LogP contribution in [0.5, 0.6) is 5.88 Å². The Morgan fingerprint density at radius 2 is 2.06 bits per heavy atom. The molecule has 9 heteroatoms. The second-order valence-electron chi connectivity index (χ2n) is 2.99. The summed E-state index contributed by atoms with van der Waals surface area (Å²) in [4.78, 5) is 3.26. The van der Waals surface area contributed by atoms with Crippen LogP contribution in [0.2, 0.25) is 0 Å². The van der Waals surface area contributed by atoms with E-state index in [-0.39, 0.29) is 4.47 Å². The summed E-state index contributed by atoms with van der Waals surface area (Å²) in [7, 11) is 0. The summed E-state index contributed by atoms with van der Waals surface area (Å²) in [6.45, 7) is 0. The first-order valence-electron chi connectivity index (χ1n) is 4.34. The average Bonchev–Trinajstić information content (AvgIpc) is 2.13. The van der Waals surface area contributed by atoms with Gasteiger partial charge in [-0.2, -0.15) is 5.26 Å². The Labute approximate surface area is 106 Å². The smallest absolute Gasteiger partial charge is 0.388 e. The Balaban J connectivity index is 3.24. The van der Waals surface area contributed by atoms with Crippen LogP contribution in [-0.2, 0) is 6.42 Å². The third-order valence-electron chi connectivity index (χ3n) is 1.75. The molecule has 0 amide bonds. The Kier molecular flexibility index (Phi) is 4.45. The first-order valence-corrected chi connectivity index (χ1v) is 5.14. The minimum absolute atomic E-state index is 0.294. The first kappa shape index (κ1) is 14.6. The molecule has 0 radical (unpaired) electrons. The summed E-state index contributed by atoms with van der Waals surface area (Å²) in [6.07, 6.45) is -8.49. The Bertz CT molecular complexity index is 483. The molecule has 0 saturated carbocycles. The third kappa shape index (κ3) is 3.80. The van der Waals surface area contributed by atoms with Crippen LogP contribution in [0.4, 0.5) is 22.0 Å². The monoisotopic (exact) mass is 330 g/mol. The maximum atomic E-state index is 12.6. The molecule has 0 aliphatic rings. The number of hydrogen-bond donors (Lipinski definition) is 0. The molecule has 1 aromatic heterocycles. The average molecular weight is 331 g/mol. The maximum absolute atomic E-state index is 12.6. The lowest BCUT2D eigenvalue weighted by molar-refractivity contribution is -0.276. The molecule has 0 atom stereocenters. The summed E-state index contributed by atoms with van der Waals surface area (Å²) < 4.78 is 64.4. The fourth-order valence-corrected chi connectivity index (χ4v) is 1.76. The number of hydrogen-bond acceptors (Lipinski definition) is 3. The minimum Gasteiger partial charge on any atom is -0.388 e. The van der Waals surface area contributed by atoms with Gasteiger partial charge in [0, 0.05) is 10.5 Å². The van der Waals surface area contributed by atoms with Gasteiger partial charge < -0.3 is 4.74 Å². The molecular weight excluding hydrogens is 327 g/mol. The van der Waals surface area contributed by atoms with Crippen molar-refractivity contribution in [3.63, 3.8) is 0 Å². The van der Waals surface area contributed by atoms with E-state index in [1.165, 1.54) is 0 Å². The van der Waals surface area contributed by atoms with Crippen LogP contribution < -0.4 is 4.74 Å². The van der Waals surface area contributed by atoms with Gasteiger partial charge in [-0.3, -0.25) is 0 Å². The number of pyridine rings is 1. The predicted octanol–water partition coefficient (Wildman–Crippen LogP) is 3.75. The number of nitriles is 1. The third-order valence-corrected chi connectivity index (χ3v) is 2.40. The van der Waals surface area contributed by atoms with Crippen molar-refractivity contribution in [3.8, 4) is 11.9 Å². The molecule has 1 heterocycles. The molecule has 18 heavy (non-hydrogen) atoms. The largest absolute Gasteiger partial charge is 0.574 e. The predicted molar refractivity (Wildman–Crippen MR) is 52.9 cm³/mol. The van der Waals surface area contributed by atoms with E-state index < -0.39 is 36.3 Å². The molecule has 1 aromatic rings. The van der Waals surface area contributed by atoms with E-state index in [2.05, 4.69) is 25.7 Å². The fourth-order valence-electron chi connectivity index (χ4n) is 1.16. The van der Waals surface area contributed by atoms with Gasteiger partial charge in [0.15, 0.2) is 0 Å². The number of ether oxygens (including phenoxy) is 1. The SMILES string of the molecule is N#CCc1nc(OC(F)(F)F)cc(Br)c1C(F)F. The number of nitrogens with zero attached hydrogens (tertiary/aromatic N) is 2. The summed E-state index contributed by atoms with van der Waals surface area (Å²) in [6, 6.07) is 2.22. The van der Waals surface area contributed by atoms with Crippen LogP contribution in [0.25, 0.3) is 0 Å². The highest BCUT2D eigenvalue weighted by molar-refractivity contribution is 9.10. The second kappa shape index (κ2) is 5.48. The molecule has 1 rings (SSSR count). The van der Waals surface area contributed by atoms with Gasteiger partial charge in [0.25, 0.3) is 6.43 Å². The molecule has 0 N–H and O–H groups in total. The first-order chi connectivity index (χ1) is 8.24. The standard InChI is InChI=1S/C9H4BrF5N2O/c10-4-3-6(18-9(13,14)15)17-5(1-2-16)7(4)8(11)12/h3,8H,1H2. The topological polar surface area (TPSA) is 45.9 Å². The normalized spacial score (nSPS) is 11.4. The molecule has 0 saturated heterocycles. The molecule has 0 unspecified atom stereocenters. The van der Waals surface area contributed by atoms with Gasteiger partial charge in [0.1, 0.15) is 0 Å². The van der Waals surface area contributed by atoms with Crippen LogP contribution >= 0.6 is 15.9 Å². The van der Waals surface area contributed by atoms with Crippen molar-refractivity contribution in [2.45, 2.75) is 19.2 Å². The summed E-state index contributed by atoms with van der Waals surface area (Å²) in [5, 5.41) is 8.43. The highest BCUT2D eigenvalue weighted by Gasteiger charge is 2.32. The molecule has 0 spiro atoms. The van der Waals surface area contributed by atoms with E-state index in [1.54, 1.807) is 6.07 Å². The zero-order chi connectivity index (χ0) is 13.9. The van der Waals surface area contributed by atoms with Gasteiger partial charge in [-0.15, -0.1) is 13.2 Å².